The molecule has 0 aliphatic heterocycles. The predicted octanol–water partition coefficient (Wildman–Crippen LogP) is 3.22. The Kier molecular flexibility index (Phi) is 6.23. The molecule has 0 aliphatic carbocycles. The average molecular weight is 354 g/mol. The number of carbonyl (C=O) groups is 1. The molecule has 1 amide bonds. The molecule has 128 valence electrons. The molecular weight excluding hydrogens is 336 g/mol. The molecule has 4 nitrogen and oxygen atoms in total. The highest BCUT2D eigenvalue weighted by Gasteiger charge is 2.18. The lowest BCUT2D eigenvalue weighted by atomic mass is 10.1. The summed E-state index contributed by atoms with van der Waals surface area (Å²) in [5, 5.41) is 0.210. The lowest BCUT2D eigenvalue weighted by Gasteiger charge is -2.25. The maximum Gasteiger partial charge on any atom is 0.254 e. The number of rotatable bonds is 6. The van der Waals surface area contributed by atoms with Crippen LogP contribution >= 0.6 is 11.6 Å². The van der Waals surface area contributed by atoms with Gasteiger partial charge in [-0.15, -0.1) is 0 Å². The Hall–Kier alpha value is -2.05. The Balaban J connectivity index is 2.25. The second kappa shape index (κ2) is 8.17. The van der Waals surface area contributed by atoms with Gasteiger partial charge in [0.1, 0.15) is 16.8 Å². The zero-order valence-electron chi connectivity index (χ0n) is 13.5. The van der Waals surface area contributed by atoms with E-state index < -0.39 is 11.6 Å². The standard InChI is InChI=1S/C17H18ClF2N3O/c1-22(2)7-8-23(11-13-3-4-14(19)10-15(13)20)17(24)12-5-6-21-16(18)9-12/h3-6,9-10H,7-8,11H2,1-2H3. The van der Waals surface area contributed by atoms with Gasteiger partial charge in [0.15, 0.2) is 0 Å². The van der Waals surface area contributed by atoms with Crippen LogP contribution in [0.25, 0.3) is 0 Å². The summed E-state index contributed by atoms with van der Waals surface area (Å²) in [7, 11) is 3.76. The molecule has 0 bridgehead atoms. The van der Waals surface area contributed by atoms with Crippen LogP contribution in [0.1, 0.15) is 15.9 Å². The number of carbonyl (C=O) groups excluding carboxylic acids is 1. The van der Waals surface area contributed by atoms with Crippen LogP contribution < -0.4 is 0 Å². The van der Waals surface area contributed by atoms with Crippen molar-refractivity contribution < 1.29 is 13.6 Å². The summed E-state index contributed by atoms with van der Waals surface area (Å²) in [4.78, 5) is 20.0. The molecule has 0 aliphatic rings. The lowest BCUT2D eigenvalue weighted by molar-refractivity contribution is 0.0730. The van der Waals surface area contributed by atoms with Gasteiger partial charge >= 0.3 is 0 Å². The van der Waals surface area contributed by atoms with Gasteiger partial charge in [-0.25, -0.2) is 13.8 Å². The maximum absolute atomic E-state index is 13.9. The Morgan fingerprint density at radius 2 is 1.92 bits per heavy atom. The Morgan fingerprint density at radius 1 is 1.17 bits per heavy atom. The van der Waals surface area contributed by atoms with E-state index in [-0.39, 0.29) is 23.2 Å². The van der Waals surface area contributed by atoms with E-state index in [1.807, 2.05) is 19.0 Å². The van der Waals surface area contributed by atoms with Crippen molar-refractivity contribution in [3.63, 3.8) is 0 Å². The average Bonchev–Trinajstić information content (AvgIpc) is 2.52. The summed E-state index contributed by atoms with van der Waals surface area (Å²) in [5.41, 5.74) is 0.625. The normalized spacial score (nSPS) is 10.9. The third-order valence-corrected chi connectivity index (χ3v) is 3.66. The van der Waals surface area contributed by atoms with E-state index in [0.29, 0.717) is 18.7 Å². The van der Waals surface area contributed by atoms with Crippen LogP contribution in [0.3, 0.4) is 0 Å². The number of benzene rings is 1. The zero-order valence-corrected chi connectivity index (χ0v) is 14.2. The van der Waals surface area contributed by atoms with Crippen LogP contribution in [0, 0.1) is 11.6 Å². The molecule has 1 aromatic heterocycles. The van der Waals surface area contributed by atoms with E-state index in [0.717, 1.165) is 6.07 Å². The van der Waals surface area contributed by atoms with Crippen LogP contribution in [0.4, 0.5) is 8.78 Å². The van der Waals surface area contributed by atoms with Crippen molar-refractivity contribution in [3.8, 4) is 0 Å². The van der Waals surface area contributed by atoms with Crippen LogP contribution in [0.2, 0.25) is 5.15 Å². The minimum atomic E-state index is -0.676. The molecule has 2 rings (SSSR count). The summed E-state index contributed by atoms with van der Waals surface area (Å²) in [5.74, 6) is -1.61. The highest BCUT2D eigenvalue weighted by molar-refractivity contribution is 6.29. The number of likely N-dealkylation sites (N-methyl/N-ethyl adjacent to an activating group) is 1. The van der Waals surface area contributed by atoms with Gasteiger partial charge in [-0.1, -0.05) is 17.7 Å². The maximum atomic E-state index is 13.9. The number of pyridine rings is 1. The number of aromatic nitrogens is 1. The smallest absolute Gasteiger partial charge is 0.254 e. The van der Waals surface area contributed by atoms with E-state index in [2.05, 4.69) is 4.98 Å². The molecular formula is C17H18ClF2N3O. The molecule has 0 radical (unpaired) electrons. The molecule has 0 spiro atoms. The first-order chi connectivity index (χ1) is 11.4. The van der Waals surface area contributed by atoms with E-state index in [1.54, 1.807) is 6.07 Å². The Morgan fingerprint density at radius 3 is 2.54 bits per heavy atom. The summed E-state index contributed by atoms with van der Waals surface area (Å²) in [6, 6.07) is 6.36. The van der Waals surface area contributed by atoms with Crippen molar-refractivity contribution in [2.75, 3.05) is 27.2 Å². The van der Waals surface area contributed by atoms with Crippen molar-refractivity contribution in [2.45, 2.75) is 6.54 Å². The second-order valence-electron chi connectivity index (χ2n) is 5.63. The minimum absolute atomic E-state index is 0.0404. The highest BCUT2D eigenvalue weighted by Crippen LogP contribution is 2.16. The zero-order chi connectivity index (χ0) is 17.7. The number of halogens is 3. The van der Waals surface area contributed by atoms with Crippen molar-refractivity contribution in [1.82, 2.24) is 14.8 Å². The fraction of sp³-hybridized carbons (Fsp3) is 0.294. The highest BCUT2D eigenvalue weighted by atomic mass is 35.5. The van der Waals surface area contributed by atoms with E-state index in [9.17, 15) is 13.6 Å². The number of nitrogens with zero attached hydrogens (tertiary/aromatic N) is 3. The van der Waals surface area contributed by atoms with Gasteiger partial charge in [-0.3, -0.25) is 4.79 Å². The predicted molar refractivity (Wildman–Crippen MR) is 88.9 cm³/mol. The van der Waals surface area contributed by atoms with Crippen LogP contribution in [0.15, 0.2) is 36.5 Å². The molecule has 0 atom stereocenters. The molecule has 0 unspecified atom stereocenters. The van der Waals surface area contributed by atoms with Crippen LogP contribution in [-0.4, -0.2) is 47.9 Å². The summed E-state index contributed by atoms with van der Waals surface area (Å²) in [6.45, 7) is 1.04. The van der Waals surface area contributed by atoms with Crippen LogP contribution in [0.5, 0.6) is 0 Å². The van der Waals surface area contributed by atoms with Gasteiger partial charge in [-0.05, 0) is 32.3 Å². The van der Waals surface area contributed by atoms with Crippen molar-refractivity contribution >= 4 is 17.5 Å². The van der Waals surface area contributed by atoms with Gasteiger partial charge < -0.3 is 9.80 Å². The minimum Gasteiger partial charge on any atom is -0.333 e. The van der Waals surface area contributed by atoms with E-state index in [1.165, 1.54) is 29.3 Å². The first kappa shape index (κ1) is 18.3. The first-order valence-electron chi connectivity index (χ1n) is 7.36. The van der Waals surface area contributed by atoms with Crippen LogP contribution in [-0.2, 0) is 6.54 Å². The molecule has 1 heterocycles. The molecule has 2 aromatic rings. The third-order valence-electron chi connectivity index (χ3n) is 3.45. The fourth-order valence-corrected chi connectivity index (χ4v) is 2.32. The third kappa shape index (κ3) is 4.97. The SMILES string of the molecule is CN(C)CCN(Cc1ccc(F)cc1F)C(=O)c1ccnc(Cl)c1. The molecule has 0 N–H and O–H groups in total. The van der Waals surface area contributed by atoms with Gasteiger partial charge in [-0.2, -0.15) is 0 Å². The molecule has 0 saturated carbocycles. The van der Waals surface area contributed by atoms with Crippen molar-refractivity contribution in [2.24, 2.45) is 0 Å². The lowest BCUT2D eigenvalue weighted by Crippen LogP contribution is -2.36. The van der Waals surface area contributed by atoms with E-state index in [4.69, 9.17) is 11.6 Å². The quantitative estimate of drug-likeness (QED) is 0.748. The topological polar surface area (TPSA) is 36.4 Å². The number of hydrogen-bond acceptors (Lipinski definition) is 3. The Bertz CT molecular complexity index is 725. The molecule has 0 saturated heterocycles. The van der Waals surface area contributed by atoms with Gasteiger partial charge in [0.2, 0.25) is 0 Å². The fourth-order valence-electron chi connectivity index (χ4n) is 2.15. The summed E-state index contributed by atoms with van der Waals surface area (Å²) in [6.07, 6.45) is 1.44. The number of amides is 1. The number of hydrogen-bond donors (Lipinski definition) is 0. The first-order valence-corrected chi connectivity index (χ1v) is 7.74. The van der Waals surface area contributed by atoms with Gasteiger partial charge in [0.25, 0.3) is 5.91 Å². The van der Waals surface area contributed by atoms with Crippen molar-refractivity contribution in [1.29, 1.82) is 0 Å². The van der Waals surface area contributed by atoms with Crippen molar-refractivity contribution in [3.05, 3.63) is 64.4 Å². The monoisotopic (exact) mass is 353 g/mol. The molecule has 0 fully saturated rings. The largest absolute Gasteiger partial charge is 0.333 e. The second-order valence-corrected chi connectivity index (χ2v) is 6.02. The molecule has 1 aromatic carbocycles. The summed E-state index contributed by atoms with van der Waals surface area (Å²) < 4.78 is 27.0. The van der Waals surface area contributed by atoms with Gasteiger partial charge in [0.05, 0.1) is 0 Å². The Labute approximate surface area is 144 Å². The molecule has 24 heavy (non-hydrogen) atoms. The molecule has 7 heteroatoms. The summed E-state index contributed by atoms with van der Waals surface area (Å²) >= 11 is 5.83. The van der Waals surface area contributed by atoms with Gasteiger partial charge in [0, 0.05) is 43.0 Å². The van der Waals surface area contributed by atoms with E-state index >= 15 is 0 Å².